The van der Waals surface area contributed by atoms with E-state index in [1.165, 1.54) is 16.8 Å². The third-order valence-corrected chi connectivity index (χ3v) is 3.74. The van der Waals surface area contributed by atoms with Crippen LogP contribution in [0, 0.1) is 13.8 Å². The molecule has 3 heteroatoms. The zero-order valence-corrected chi connectivity index (χ0v) is 12.4. The Morgan fingerprint density at radius 2 is 1.65 bits per heavy atom. The quantitative estimate of drug-likeness (QED) is 0.704. The summed E-state index contributed by atoms with van der Waals surface area (Å²) in [5.74, 6) is 0. The van der Waals surface area contributed by atoms with Crippen molar-refractivity contribution >= 4 is 11.3 Å². The fourth-order valence-electron chi connectivity index (χ4n) is 2.31. The van der Waals surface area contributed by atoms with Gasteiger partial charge in [-0.2, -0.15) is 0 Å². The van der Waals surface area contributed by atoms with E-state index >= 15 is 0 Å². The normalized spacial score (nSPS) is 11.0. The lowest BCUT2D eigenvalue weighted by atomic mass is 10.1. The number of nitrogens with zero attached hydrogens (tertiary/aromatic N) is 3. The van der Waals surface area contributed by atoms with Gasteiger partial charge in [-0.3, -0.25) is 0 Å². The zero-order valence-electron chi connectivity index (χ0n) is 12.4. The molecule has 0 N–H and O–H groups in total. The van der Waals surface area contributed by atoms with Crippen molar-refractivity contribution in [2.24, 2.45) is 0 Å². The van der Waals surface area contributed by atoms with Gasteiger partial charge in [0.15, 0.2) is 0 Å². The van der Waals surface area contributed by atoms with E-state index in [0.717, 1.165) is 16.9 Å². The zero-order chi connectivity index (χ0) is 14.3. The number of pyridine rings is 1. The van der Waals surface area contributed by atoms with Crippen LogP contribution in [0.4, 0.5) is 5.69 Å². The second-order valence-electron chi connectivity index (χ2n) is 5.47. The summed E-state index contributed by atoms with van der Waals surface area (Å²) in [5, 5.41) is 0. The highest BCUT2D eigenvalue weighted by Gasteiger charge is 2.06. The van der Waals surface area contributed by atoms with E-state index in [1.807, 2.05) is 14.1 Å². The number of rotatable bonds is 2. The highest BCUT2D eigenvalue weighted by atomic mass is 15.1. The Bertz CT molecular complexity index is 713. The molecule has 0 saturated carbocycles. The van der Waals surface area contributed by atoms with Gasteiger partial charge < -0.3 is 9.30 Å². The smallest absolute Gasteiger partial charge is 0.137 e. The number of aryl methyl sites for hydroxylation is 2. The molecule has 20 heavy (non-hydrogen) atoms. The maximum Gasteiger partial charge on any atom is 0.137 e. The van der Waals surface area contributed by atoms with Crippen LogP contribution in [0.3, 0.4) is 0 Å². The highest BCUT2D eigenvalue weighted by molar-refractivity contribution is 5.65. The molecule has 3 aromatic rings. The summed E-state index contributed by atoms with van der Waals surface area (Å²) in [7, 11) is 4.09. The Labute approximate surface area is 119 Å². The summed E-state index contributed by atoms with van der Waals surface area (Å²) < 4.78 is 2.09. The van der Waals surface area contributed by atoms with Gasteiger partial charge in [0.05, 0.1) is 5.69 Å². The SMILES string of the molecule is Cc1cc2nc(-c3ccc(N(C)C)cc3)cn2cc1C. The minimum Gasteiger partial charge on any atom is -0.378 e. The summed E-state index contributed by atoms with van der Waals surface area (Å²) in [4.78, 5) is 6.81. The van der Waals surface area contributed by atoms with Crippen molar-refractivity contribution in [3.8, 4) is 11.3 Å². The second-order valence-corrected chi connectivity index (χ2v) is 5.47. The van der Waals surface area contributed by atoms with Gasteiger partial charge in [0, 0.05) is 37.7 Å². The lowest BCUT2D eigenvalue weighted by molar-refractivity contribution is 1.13. The van der Waals surface area contributed by atoms with Crippen LogP contribution in [0.5, 0.6) is 0 Å². The monoisotopic (exact) mass is 265 g/mol. The number of anilines is 1. The van der Waals surface area contributed by atoms with E-state index in [1.54, 1.807) is 0 Å². The van der Waals surface area contributed by atoms with Crippen molar-refractivity contribution in [2.75, 3.05) is 19.0 Å². The summed E-state index contributed by atoms with van der Waals surface area (Å²) >= 11 is 0. The first-order valence-corrected chi connectivity index (χ1v) is 6.78. The lowest BCUT2D eigenvalue weighted by Crippen LogP contribution is -2.07. The summed E-state index contributed by atoms with van der Waals surface area (Å²) in [6.45, 7) is 4.25. The fourth-order valence-corrected chi connectivity index (χ4v) is 2.31. The van der Waals surface area contributed by atoms with E-state index in [9.17, 15) is 0 Å². The first-order chi connectivity index (χ1) is 9.54. The van der Waals surface area contributed by atoms with Crippen LogP contribution < -0.4 is 4.90 Å². The van der Waals surface area contributed by atoms with Crippen LogP contribution in [-0.4, -0.2) is 23.5 Å². The van der Waals surface area contributed by atoms with Crippen molar-refractivity contribution < 1.29 is 0 Å². The highest BCUT2D eigenvalue weighted by Crippen LogP contribution is 2.23. The fraction of sp³-hybridized carbons (Fsp3) is 0.235. The Morgan fingerprint density at radius 3 is 2.30 bits per heavy atom. The molecule has 0 amide bonds. The molecule has 1 aromatic carbocycles. The van der Waals surface area contributed by atoms with Crippen LogP contribution in [0.25, 0.3) is 16.9 Å². The topological polar surface area (TPSA) is 20.5 Å². The van der Waals surface area contributed by atoms with Gasteiger partial charge >= 0.3 is 0 Å². The Kier molecular flexibility index (Phi) is 2.97. The molecule has 0 spiro atoms. The van der Waals surface area contributed by atoms with E-state index in [0.29, 0.717) is 0 Å². The summed E-state index contributed by atoms with van der Waals surface area (Å²) in [6, 6.07) is 10.6. The first-order valence-electron chi connectivity index (χ1n) is 6.78. The molecule has 0 aliphatic heterocycles. The number of imidazole rings is 1. The number of hydrogen-bond acceptors (Lipinski definition) is 2. The van der Waals surface area contributed by atoms with Gasteiger partial charge in [-0.05, 0) is 43.2 Å². The van der Waals surface area contributed by atoms with E-state index < -0.39 is 0 Å². The molecule has 0 atom stereocenters. The molecule has 3 nitrogen and oxygen atoms in total. The molecule has 0 bridgehead atoms. The second kappa shape index (κ2) is 4.67. The molecule has 0 aliphatic carbocycles. The molecule has 3 rings (SSSR count). The van der Waals surface area contributed by atoms with Crippen molar-refractivity contribution in [1.82, 2.24) is 9.38 Å². The van der Waals surface area contributed by atoms with Crippen molar-refractivity contribution in [2.45, 2.75) is 13.8 Å². The van der Waals surface area contributed by atoms with E-state index in [4.69, 9.17) is 4.98 Å². The number of fused-ring (bicyclic) bond motifs is 1. The lowest BCUT2D eigenvalue weighted by Gasteiger charge is -2.12. The average Bonchev–Trinajstić information content (AvgIpc) is 2.82. The molecule has 0 saturated heterocycles. The molecule has 102 valence electrons. The van der Waals surface area contributed by atoms with Gasteiger partial charge in [0.25, 0.3) is 0 Å². The molecule has 0 fully saturated rings. The number of hydrogen-bond donors (Lipinski definition) is 0. The van der Waals surface area contributed by atoms with Gasteiger partial charge in [-0.1, -0.05) is 12.1 Å². The van der Waals surface area contributed by atoms with Crippen molar-refractivity contribution in [3.05, 3.63) is 53.9 Å². The van der Waals surface area contributed by atoms with E-state index in [-0.39, 0.29) is 0 Å². The van der Waals surface area contributed by atoms with Gasteiger partial charge in [-0.15, -0.1) is 0 Å². The average molecular weight is 265 g/mol. The maximum atomic E-state index is 4.71. The van der Waals surface area contributed by atoms with Crippen LogP contribution in [-0.2, 0) is 0 Å². The molecular weight excluding hydrogens is 246 g/mol. The van der Waals surface area contributed by atoms with Gasteiger partial charge in [-0.25, -0.2) is 4.98 Å². The third-order valence-electron chi connectivity index (χ3n) is 3.74. The Morgan fingerprint density at radius 1 is 0.950 bits per heavy atom. The largest absolute Gasteiger partial charge is 0.378 e. The molecule has 0 unspecified atom stereocenters. The molecule has 0 radical (unpaired) electrons. The maximum absolute atomic E-state index is 4.71. The van der Waals surface area contributed by atoms with Crippen molar-refractivity contribution in [3.63, 3.8) is 0 Å². The minimum atomic E-state index is 1.000. The van der Waals surface area contributed by atoms with Crippen LogP contribution in [0.2, 0.25) is 0 Å². The summed E-state index contributed by atoms with van der Waals surface area (Å²) in [6.07, 6.45) is 4.22. The van der Waals surface area contributed by atoms with Crippen molar-refractivity contribution in [1.29, 1.82) is 0 Å². The Hall–Kier alpha value is -2.29. The van der Waals surface area contributed by atoms with Gasteiger partial charge in [0.2, 0.25) is 0 Å². The molecule has 0 aliphatic rings. The first kappa shape index (κ1) is 12.7. The predicted octanol–water partition coefficient (Wildman–Crippen LogP) is 3.68. The number of aromatic nitrogens is 2. The molecular formula is C17H19N3. The molecule has 2 heterocycles. The number of benzene rings is 1. The summed E-state index contributed by atoms with van der Waals surface area (Å²) in [5.41, 5.74) is 6.92. The van der Waals surface area contributed by atoms with E-state index in [2.05, 4.69) is 65.9 Å². The predicted molar refractivity (Wildman–Crippen MR) is 84.4 cm³/mol. The van der Waals surface area contributed by atoms with Gasteiger partial charge in [0.1, 0.15) is 5.65 Å². The third kappa shape index (κ3) is 2.16. The van der Waals surface area contributed by atoms with Crippen LogP contribution in [0.15, 0.2) is 42.7 Å². The standard InChI is InChI=1S/C17H19N3/c1-12-9-17-18-16(11-20(17)10-13(12)2)14-5-7-15(8-6-14)19(3)4/h5-11H,1-4H3. The Balaban J connectivity index is 2.05. The molecule has 2 aromatic heterocycles. The minimum absolute atomic E-state index is 1.000. The van der Waals surface area contributed by atoms with Crippen LogP contribution in [0.1, 0.15) is 11.1 Å². The van der Waals surface area contributed by atoms with Crippen LogP contribution >= 0.6 is 0 Å².